The number of hydrogen-bond acceptors (Lipinski definition) is 2. The molecular weight excluding hydrogens is 241 g/mol. The molecule has 0 aliphatic rings. The van der Waals surface area contributed by atoms with E-state index in [1.54, 1.807) is 31.3 Å². The molecule has 0 spiro atoms. The third-order valence-corrected chi connectivity index (χ3v) is 2.76. The SMILES string of the molecule is CCNC(c1cccc2cnccc12)C(F)(F)F. The summed E-state index contributed by atoms with van der Waals surface area (Å²) in [5.74, 6) is 0. The van der Waals surface area contributed by atoms with E-state index in [1.165, 1.54) is 12.3 Å². The lowest BCUT2D eigenvalue weighted by atomic mass is 9.99. The van der Waals surface area contributed by atoms with Crippen LogP contribution in [-0.4, -0.2) is 17.7 Å². The van der Waals surface area contributed by atoms with E-state index in [4.69, 9.17) is 0 Å². The van der Waals surface area contributed by atoms with Crippen molar-refractivity contribution in [2.75, 3.05) is 6.54 Å². The van der Waals surface area contributed by atoms with E-state index in [1.807, 2.05) is 0 Å². The van der Waals surface area contributed by atoms with Crippen molar-refractivity contribution in [1.82, 2.24) is 10.3 Å². The van der Waals surface area contributed by atoms with E-state index in [-0.39, 0.29) is 12.1 Å². The van der Waals surface area contributed by atoms with E-state index in [9.17, 15) is 13.2 Å². The summed E-state index contributed by atoms with van der Waals surface area (Å²) in [5, 5.41) is 3.78. The Kier molecular flexibility index (Phi) is 3.52. The Morgan fingerprint density at radius 1 is 1.28 bits per heavy atom. The fraction of sp³-hybridized carbons (Fsp3) is 0.308. The van der Waals surface area contributed by atoms with E-state index in [0.717, 1.165) is 0 Å². The van der Waals surface area contributed by atoms with Crippen molar-refractivity contribution in [2.24, 2.45) is 0 Å². The van der Waals surface area contributed by atoms with Crippen LogP contribution in [0.25, 0.3) is 10.8 Å². The molecule has 0 aliphatic carbocycles. The molecule has 0 fully saturated rings. The molecule has 2 nitrogen and oxygen atoms in total. The number of nitrogens with zero attached hydrogens (tertiary/aromatic N) is 1. The summed E-state index contributed by atoms with van der Waals surface area (Å²) in [6.45, 7) is 1.91. The minimum absolute atomic E-state index is 0.240. The molecule has 1 aromatic heterocycles. The third-order valence-electron chi connectivity index (χ3n) is 2.76. The second kappa shape index (κ2) is 4.94. The second-order valence-corrected chi connectivity index (χ2v) is 3.98. The maximum absolute atomic E-state index is 13.0. The molecule has 0 bridgehead atoms. The van der Waals surface area contributed by atoms with E-state index < -0.39 is 12.2 Å². The molecule has 0 aliphatic heterocycles. The Bertz CT molecular complexity index is 532. The van der Waals surface area contributed by atoms with Crippen LogP contribution in [0.5, 0.6) is 0 Å². The van der Waals surface area contributed by atoms with Gasteiger partial charge in [-0.3, -0.25) is 4.98 Å². The Hall–Kier alpha value is -1.62. The minimum Gasteiger partial charge on any atom is -0.303 e. The first-order valence-electron chi connectivity index (χ1n) is 5.66. The molecule has 0 saturated carbocycles. The van der Waals surface area contributed by atoms with Gasteiger partial charge < -0.3 is 5.32 Å². The van der Waals surface area contributed by atoms with Crippen molar-refractivity contribution in [3.8, 4) is 0 Å². The number of pyridine rings is 1. The van der Waals surface area contributed by atoms with Crippen LogP contribution in [0.2, 0.25) is 0 Å². The zero-order valence-corrected chi connectivity index (χ0v) is 9.83. The van der Waals surface area contributed by atoms with E-state index in [0.29, 0.717) is 10.8 Å². The highest BCUT2D eigenvalue weighted by molar-refractivity contribution is 5.85. The number of rotatable bonds is 3. The summed E-state index contributed by atoms with van der Waals surface area (Å²) in [6.07, 6.45) is -1.24. The van der Waals surface area contributed by atoms with Gasteiger partial charge in [-0.25, -0.2) is 0 Å². The molecule has 96 valence electrons. The first kappa shape index (κ1) is 12.8. The lowest BCUT2D eigenvalue weighted by Gasteiger charge is -2.22. The molecule has 1 heterocycles. The van der Waals surface area contributed by atoms with Gasteiger partial charge in [-0.1, -0.05) is 25.1 Å². The Morgan fingerprint density at radius 2 is 2.06 bits per heavy atom. The third kappa shape index (κ3) is 2.46. The number of hydrogen-bond donors (Lipinski definition) is 1. The molecule has 1 aromatic carbocycles. The van der Waals surface area contributed by atoms with Gasteiger partial charge in [0.1, 0.15) is 6.04 Å². The number of alkyl halides is 3. The molecule has 18 heavy (non-hydrogen) atoms. The Labute approximate surface area is 103 Å². The summed E-state index contributed by atoms with van der Waals surface area (Å²) in [4.78, 5) is 3.92. The van der Waals surface area contributed by atoms with Crippen molar-refractivity contribution < 1.29 is 13.2 Å². The van der Waals surface area contributed by atoms with Crippen molar-refractivity contribution in [1.29, 1.82) is 0 Å². The van der Waals surface area contributed by atoms with E-state index in [2.05, 4.69) is 10.3 Å². The summed E-state index contributed by atoms with van der Waals surface area (Å²) < 4.78 is 39.1. The summed E-state index contributed by atoms with van der Waals surface area (Å²) in [6, 6.07) is 4.85. The highest BCUT2D eigenvalue weighted by atomic mass is 19.4. The zero-order valence-electron chi connectivity index (χ0n) is 9.83. The smallest absolute Gasteiger partial charge is 0.303 e. The van der Waals surface area contributed by atoms with Crippen molar-refractivity contribution in [2.45, 2.75) is 19.1 Å². The molecule has 1 atom stereocenters. The zero-order chi connectivity index (χ0) is 13.2. The molecular formula is C13H13F3N2. The molecule has 1 unspecified atom stereocenters. The van der Waals surface area contributed by atoms with Gasteiger partial charge in [0.25, 0.3) is 0 Å². The number of fused-ring (bicyclic) bond motifs is 1. The van der Waals surface area contributed by atoms with Gasteiger partial charge in [-0.15, -0.1) is 0 Å². The standard InChI is InChI=1S/C13H13F3N2/c1-2-18-12(13(14,15)16)11-5-3-4-9-8-17-7-6-10(9)11/h3-8,12,18H,2H2,1H3. The average molecular weight is 254 g/mol. The topological polar surface area (TPSA) is 24.9 Å². The highest BCUT2D eigenvalue weighted by Gasteiger charge is 2.40. The molecule has 1 N–H and O–H groups in total. The lowest BCUT2D eigenvalue weighted by molar-refractivity contribution is -0.157. The number of nitrogens with one attached hydrogen (secondary N) is 1. The number of benzene rings is 1. The van der Waals surface area contributed by atoms with Gasteiger partial charge in [-0.05, 0) is 23.6 Å². The van der Waals surface area contributed by atoms with Crippen molar-refractivity contribution in [3.63, 3.8) is 0 Å². The van der Waals surface area contributed by atoms with E-state index >= 15 is 0 Å². The quantitative estimate of drug-likeness (QED) is 0.907. The number of aromatic nitrogens is 1. The Balaban J connectivity index is 2.57. The normalized spacial score (nSPS) is 13.8. The van der Waals surface area contributed by atoms with Gasteiger partial charge in [0, 0.05) is 17.8 Å². The summed E-state index contributed by atoms with van der Waals surface area (Å²) in [7, 11) is 0. The minimum atomic E-state index is -4.31. The van der Waals surface area contributed by atoms with Gasteiger partial charge in [0.2, 0.25) is 0 Å². The van der Waals surface area contributed by atoms with Crippen LogP contribution < -0.4 is 5.32 Å². The monoisotopic (exact) mass is 254 g/mol. The van der Waals surface area contributed by atoms with Crippen molar-refractivity contribution >= 4 is 10.8 Å². The lowest BCUT2D eigenvalue weighted by Crippen LogP contribution is -2.34. The van der Waals surface area contributed by atoms with Crippen LogP contribution in [0, 0.1) is 0 Å². The maximum Gasteiger partial charge on any atom is 0.407 e. The van der Waals surface area contributed by atoms with Gasteiger partial charge >= 0.3 is 6.18 Å². The first-order chi connectivity index (χ1) is 8.54. The first-order valence-corrected chi connectivity index (χ1v) is 5.66. The Morgan fingerprint density at radius 3 is 2.72 bits per heavy atom. The van der Waals surface area contributed by atoms with Crippen molar-refractivity contribution in [3.05, 3.63) is 42.2 Å². The van der Waals surface area contributed by atoms with Gasteiger partial charge in [0.15, 0.2) is 0 Å². The molecule has 0 amide bonds. The van der Waals surface area contributed by atoms with Crippen LogP contribution in [0.3, 0.4) is 0 Å². The molecule has 2 rings (SSSR count). The average Bonchev–Trinajstić information content (AvgIpc) is 2.34. The van der Waals surface area contributed by atoms with Crippen LogP contribution in [-0.2, 0) is 0 Å². The van der Waals surface area contributed by atoms with Crippen LogP contribution in [0.15, 0.2) is 36.7 Å². The fourth-order valence-corrected chi connectivity index (χ4v) is 2.01. The summed E-state index contributed by atoms with van der Waals surface area (Å²) >= 11 is 0. The second-order valence-electron chi connectivity index (χ2n) is 3.98. The van der Waals surface area contributed by atoms with Gasteiger partial charge in [-0.2, -0.15) is 13.2 Å². The molecule has 0 saturated heterocycles. The molecule has 5 heteroatoms. The predicted molar refractivity (Wildman–Crippen MR) is 64.2 cm³/mol. The van der Waals surface area contributed by atoms with Crippen LogP contribution in [0.4, 0.5) is 13.2 Å². The van der Waals surface area contributed by atoms with Crippen LogP contribution >= 0.6 is 0 Å². The fourth-order valence-electron chi connectivity index (χ4n) is 2.01. The number of halogens is 3. The largest absolute Gasteiger partial charge is 0.407 e. The molecule has 2 aromatic rings. The molecule has 0 radical (unpaired) electrons. The summed E-state index contributed by atoms with van der Waals surface area (Å²) in [5.41, 5.74) is 0.240. The van der Waals surface area contributed by atoms with Gasteiger partial charge in [0.05, 0.1) is 0 Å². The van der Waals surface area contributed by atoms with Crippen LogP contribution in [0.1, 0.15) is 18.5 Å². The predicted octanol–water partition coefficient (Wildman–Crippen LogP) is 3.45. The highest BCUT2D eigenvalue weighted by Crippen LogP contribution is 2.35. The maximum atomic E-state index is 13.0.